The van der Waals surface area contributed by atoms with Crippen molar-refractivity contribution in [2.75, 3.05) is 6.61 Å². The summed E-state index contributed by atoms with van der Waals surface area (Å²) in [7, 11) is 0. The van der Waals surface area contributed by atoms with Crippen molar-refractivity contribution in [3.63, 3.8) is 0 Å². The van der Waals surface area contributed by atoms with E-state index in [0.717, 1.165) is 32.3 Å². The van der Waals surface area contributed by atoms with Gasteiger partial charge in [0.05, 0.1) is 12.3 Å². The number of hydrogen-bond acceptors (Lipinski definition) is 2. The minimum atomic E-state index is -0.240. The molecule has 0 amide bonds. The van der Waals surface area contributed by atoms with Gasteiger partial charge in [-0.1, -0.05) is 24.6 Å². The molecule has 1 N–H and O–H groups in total. The van der Waals surface area contributed by atoms with Crippen LogP contribution in [0.5, 0.6) is 0 Å². The van der Waals surface area contributed by atoms with Crippen molar-refractivity contribution in [3.05, 3.63) is 65.1 Å². The number of benzene rings is 1. The van der Waals surface area contributed by atoms with Crippen molar-refractivity contribution < 1.29 is 4.74 Å². The lowest BCUT2D eigenvalue weighted by Crippen LogP contribution is -2.33. The first kappa shape index (κ1) is 17.3. The molecule has 3 nitrogen and oxygen atoms in total. The molecule has 2 atom stereocenters. The predicted molar refractivity (Wildman–Crippen MR) is 107 cm³/mol. The normalized spacial score (nSPS) is 20.9. The first-order valence-electron chi connectivity index (χ1n) is 9.76. The largest absolute Gasteiger partial charge is 0.369 e. The van der Waals surface area contributed by atoms with Gasteiger partial charge < -0.3 is 9.72 Å². The summed E-state index contributed by atoms with van der Waals surface area (Å²) in [6.07, 6.45) is 8.09. The van der Waals surface area contributed by atoms with Crippen molar-refractivity contribution in [2.24, 2.45) is 0 Å². The highest BCUT2D eigenvalue weighted by molar-refractivity contribution is 5.86. The summed E-state index contributed by atoms with van der Waals surface area (Å²) in [5, 5.41) is 1.37. The van der Waals surface area contributed by atoms with E-state index in [4.69, 9.17) is 4.74 Å². The summed E-state index contributed by atoms with van der Waals surface area (Å²) >= 11 is 0. The molecule has 136 valence electrons. The number of aryl methyl sites for hydroxylation is 1. The van der Waals surface area contributed by atoms with Gasteiger partial charge in [0, 0.05) is 23.3 Å². The molecule has 3 aromatic rings. The van der Waals surface area contributed by atoms with Crippen LogP contribution >= 0.6 is 0 Å². The lowest BCUT2D eigenvalue weighted by molar-refractivity contribution is -0.0570. The maximum absolute atomic E-state index is 6.34. The van der Waals surface area contributed by atoms with Crippen molar-refractivity contribution in [3.8, 4) is 0 Å². The molecule has 4 rings (SSSR count). The van der Waals surface area contributed by atoms with Gasteiger partial charge in [-0.2, -0.15) is 0 Å². The summed E-state index contributed by atoms with van der Waals surface area (Å²) in [4.78, 5) is 7.98. The number of nitrogens with zero attached hydrogens (tertiary/aromatic N) is 1. The van der Waals surface area contributed by atoms with Gasteiger partial charge in [0.15, 0.2) is 0 Å². The van der Waals surface area contributed by atoms with E-state index >= 15 is 0 Å². The molecule has 3 heterocycles. The second-order valence-corrected chi connectivity index (χ2v) is 7.79. The second-order valence-electron chi connectivity index (χ2n) is 7.79. The summed E-state index contributed by atoms with van der Waals surface area (Å²) < 4.78 is 6.34. The van der Waals surface area contributed by atoms with Crippen LogP contribution in [0.25, 0.3) is 10.9 Å². The Balaban J connectivity index is 1.62. The average molecular weight is 348 g/mol. The Labute approximate surface area is 155 Å². The minimum absolute atomic E-state index is 0.240. The van der Waals surface area contributed by atoms with E-state index < -0.39 is 0 Å². The van der Waals surface area contributed by atoms with E-state index in [0.29, 0.717) is 5.92 Å². The molecule has 0 fully saturated rings. The fraction of sp³-hybridized carbons (Fsp3) is 0.435. The highest BCUT2D eigenvalue weighted by atomic mass is 16.5. The van der Waals surface area contributed by atoms with E-state index in [1.165, 1.54) is 33.3 Å². The smallest absolute Gasteiger partial charge is 0.105 e. The highest BCUT2D eigenvalue weighted by Gasteiger charge is 2.36. The molecule has 1 aliphatic rings. The van der Waals surface area contributed by atoms with E-state index in [9.17, 15) is 0 Å². The van der Waals surface area contributed by atoms with Crippen molar-refractivity contribution in [2.45, 2.75) is 58.0 Å². The van der Waals surface area contributed by atoms with Crippen molar-refractivity contribution in [1.82, 2.24) is 9.97 Å². The fourth-order valence-electron chi connectivity index (χ4n) is 4.39. The van der Waals surface area contributed by atoms with Gasteiger partial charge >= 0.3 is 0 Å². The zero-order chi connectivity index (χ0) is 18.1. The van der Waals surface area contributed by atoms with E-state index in [2.05, 4.69) is 55.0 Å². The number of rotatable bonds is 5. The highest BCUT2D eigenvalue weighted by Crippen LogP contribution is 2.41. The second kappa shape index (κ2) is 6.88. The zero-order valence-corrected chi connectivity index (χ0v) is 16.0. The molecule has 1 aromatic carbocycles. The number of aromatic amines is 1. The molecule has 0 spiro atoms. The van der Waals surface area contributed by atoms with Crippen LogP contribution in [0.2, 0.25) is 0 Å². The summed E-state index contributed by atoms with van der Waals surface area (Å²) in [6, 6.07) is 10.9. The lowest BCUT2D eigenvalue weighted by Gasteiger charge is -2.35. The van der Waals surface area contributed by atoms with E-state index in [1.807, 2.05) is 18.5 Å². The number of nitrogens with one attached hydrogen (secondary N) is 1. The molecule has 0 saturated heterocycles. The molecule has 1 aliphatic heterocycles. The summed E-state index contributed by atoms with van der Waals surface area (Å²) in [5.74, 6) is 0.529. The molecule has 2 aromatic heterocycles. The first-order valence-corrected chi connectivity index (χ1v) is 9.76. The number of pyridine rings is 1. The van der Waals surface area contributed by atoms with Crippen molar-refractivity contribution >= 4 is 10.9 Å². The van der Waals surface area contributed by atoms with Crippen LogP contribution in [-0.2, 0) is 16.8 Å². The molecule has 3 heteroatoms. The summed E-state index contributed by atoms with van der Waals surface area (Å²) in [5.41, 5.74) is 6.38. The van der Waals surface area contributed by atoms with Gasteiger partial charge in [0.2, 0.25) is 0 Å². The Kier molecular flexibility index (Phi) is 4.58. The maximum atomic E-state index is 6.34. The fourth-order valence-corrected chi connectivity index (χ4v) is 4.39. The topological polar surface area (TPSA) is 37.9 Å². The standard InChI is InChI=1S/C23H28N2O/c1-4-17(18-6-5-12-24-15-18)9-11-23(3)22-19(10-13-26-23)20-14-16(2)7-8-21(20)25-22/h5-8,12,14-15,17,25H,4,9-11,13H2,1-3H3/t17?,23-/m0/s1. The monoisotopic (exact) mass is 348 g/mol. The number of fused-ring (bicyclic) bond motifs is 3. The van der Waals surface area contributed by atoms with E-state index in [-0.39, 0.29) is 5.60 Å². The number of aromatic nitrogens is 2. The third kappa shape index (κ3) is 3.05. The third-order valence-electron chi connectivity index (χ3n) is 5.98. The Bertz CT molecular complexity index is 899. The Morgan fingerprint density at radius 1 is 1.31 bits per heavy atom. The molecule has 0 saturated carbocycles. The predicted octanol–water partition coefficient (Wildman–Crippen LogP) is 5.63. The molecule has 0 bridgehead atoms. The Morgan fingerprint density at radius 2 is 2.19 bits per heavy atom. The SMILES string of the molecule is CCC(CC[C@]1(C)OCCc2c1[nH]c1ccc(C)cc21)c1cccnc1. The first-order chi connectivity index (χ1) is 12.6. The van der Waals surface area contributed by atoms with Crippen LogP contribution in [0.4, 0.5) is 0 Å². The Morgan fingerprint density at radius 3 is 2.96 bits per heavy atom. The van der Waals surface area contributed by atoms with Crippen LogP contribution in [0.15, 0.2) is 42.7 Å². The molecule has 26 heavy (non-hydrogen) atoms. The van der Waals surface area contributed by atoms with Gasteiger partial charge in [-0.3, -0.25) is 4.98 Å². The quantitative estimate of drug-likeness (QED) is 0.648. The van der Waals surface area contributed by atoms with Gasteiger partial charge in [-0.05, 0) is 74.8 Å². The van der Waals surface area contributed by atoms with Gasteiger partial charge in [0.25, 0.3) is 0 Å². The van der Waals surface area contributed by atoms with Crippen LogP contribution in [0.1, 0.15) is 61.4 Å². The summed E-state index contributed by atoms with van der Waals surface area (Å²) in [6.45, 7) is 7.48. The van der Waals surface area contributed by atoms with Gasteiger partial charge in [-0.25, -0.2) is 0 Å². The Hall–Kier alpha value is -2.13. The minimum Gasteiger partial charge on any atom is -0.369 e. The zero-order valence-electron chi connectivity index (χ0n) is 16.0. The van der Waals surface area contributed by atoms with Crippen molar-refractivity contribution in [1.29, 1.82) is 0 Å². The maximum Gasteiger partial charge on any atom is 0.105 e. The molecule has 1 unspecified atom stereocenters. The molecule has 0 aliphatic carbocycles. The number of H-pyrrole nitrogens is 1. The van der Waals surface area contributed by atoms with Crippen LogP contribution < -0.4 is 0 Å². The molecular weight excluding hydrogens is 320 g/mol. The van der Waals surface area contributed by atoms with Crippen LogP contribution in [0.3, 0.4) is 0 Å². The third-order valence-corrected chi connectivity index (χ3v) is 5.98. The van der Waals surface area contributed by atoms with Crippen LogP contribution in [-0.4, -0.2) is 16.6 Å². The average Bonchev–Trinajstić information content (AvgIpc) is 3.03. The molecule has 0 radical (unpaired) electrons. The molecular formula is C23H28N2O. The number of ether oxygens (including phenoxy) is 1. The van der Waals surface area contributed by atoms with E-state index in [1.54, 1.807) is 0 Å². The number of hydrogen-bond donors (Lipinski definition) is 1. The van der Waals surface area contributed by atoms with Crippen LogP contribution in [0, 0.1) is 6.92 Å². The lowest BCUT2D eigenvalue weighted by atomic mass is 9.84. The van der Waals surface area contributed by atoms with Gasteiger partial charge in [0.1, 0.15) is 5.60 Å². The van der Waals surface area contributed by atoms with Gasteiger partial charge in [-0.15, -0.1) is 0 Å².